The van der Waals surface area contributed by atoms with Crippen molar-refractivity contribution in [3.05, 3.63) is 11.6 Å². The van der Waals surface area contributed by atoms with E-state index in [2.05, 4.69) is 33.8 Å². The number of carbonyl (C=O) groups excluding carboxylic acids is 1. The Balaban J connectivity index is 2.91. The fraction of sp³-hybridized carbons (Fsp3) is 0.750. The molecule has 0 amide bonds. The molecule has 0 saturated carbocycles. The SMILES string of the molecule is CC1=CC[C@H](C)C(C)(C)[C@@H]1CC=O. The number of rotatable bonds is 2. The Morgan fingerprint density at radius 1 is 1.62 bits per heavy atom. The molecule has 0 aliphatic heterocycles. The van der Waals surface area contributed by atoms with Gasteiger partial charge in [0.2, 0.25) is 0 Å². The van der Waals surface area contributed by atoms with Crippen molar-refractivity contribution in [1.82, 2.24) is 0 Å². The molecular formula is C12H20O. The maximum Gasteiger partial charge on any atom is 0.120 e. The molecule has 1 aliphatic rings. The van der Waals surface area contributed by atoms with E-state index in [0.717, 1.165) is 12.7 Å². The molecule has 1 aliphatic carbocycles. The summed E-state index contributed by atoms with van der Waals surface area (Å²) in [6.07, 6.45) is 5.19. The average molecular weight is 180 g/mol. The van der Waals surface area contributed by atoms with Crippen LogP contribution in [-0.4, -0.2) is 6.29 Å². The molecule has 13 heavy (non-hydrogen) atoms. The maximum absolute atomic E-state index is 10.6. The first-order valence-corrected chi connectivity index (χ1v) is 5.10. The molecule has 0 fully saturated rings. The van der Waals surface area contributed by atoms with Crippen molar-refractivity contribution in [3.63, 3.8) is 0 Å². The second kappa shape index (κ2) is 3.65. The van der Waals surface area contributed by atoms with E-state index in [9.17, 15) is 4.79 Å². The lowest BCUT2D eigenvalue weighted by molar-refractivity contribution is -0.109. The number of carbonyl (C=O) groups is 1. The van der Waals surface area contributed by atoms with Gasteiger partial charge in [-0.3, -0.25) is 0 Å². The van der Waals surface area contributed by atoms with Crippen molar-refractivity contribution in [2.75, 3.05) is 0 Å². The Kier molecular flexibility index (Phi) is 2.94. The van der Waals surface area contributed by atoms with Crippen molar-refractivity contribution in [2.45, 2.75) is 40.5 Å². The molecule has 1 heteroatoms. The number of hydrogen-bond donors (Lipinski definition) is 0. The molecule has 2 atom stereocenters. The highest BCUT2D eigenvalue weighted by Crippen LogP contribution is 2.45. The highest BCUT2D eigenvalue weighted by atomic mass is 16.1. The van der Waals surface area contributed by atoms with Gasteiger partial charge >= 0.3 is 0 Å². The molecule has 74 valence electrons. The molecule has 0 saturated heterocycles. The van der Waals surface area contributed by atoms with E-state index in [1.807, 2.05) is 0 Å². The lowest BCUT2D eigenvalue weighted by atomic mass is 9.62. The molecule has 0 aromatic carbocycles. The second-order valence-corrected chi connectivity index (χ2v) is 4.86. The van der Waals surface area contributed by atoms with E-state index < -0.39 is 0 Å². The van der Waals surface area contributed by atoms with Crippen molar-refractivity contribution in [2.24, 2.45) is 17.3 Å². The minimum Gasteiger partial charge on any atom is -0.303 e. The molecule has 0 spiro atoms. The van der Waals surface area contributed by atoms with Gasteiger partial charge in [0, 0.05) is 6.42 Å². The third kappa shape index (κ3) is 1.84. The molecule has 0 unspecified atom stereocenters. The molecular weight excluding hydrogens is 160 g/mol. The predicted molar refractivity (Wildman–Crippen MR) is 55.5 cm³/mol. The Morgan fingerprint density at radius 3 is 2.77 bits per heavy atom. The van der Waals surface area contributed by atoms with Gasteiger partial charge in [-0.25, -0.2) is 0 Å². The zero-order valence-corrected chi connectivity index (χ0v) is 9.13. The fourth-order valence-electron chi connectivity index (χ4n) is 2.32. The molecule has 1 rings (SSSR count). The van der Waals surface area contributed by atoms with Gasteiger partial charge in [0.05, 0.1) is 0 Å². The molecule has 1 nitrogen and oxygen atoms in total. The third-order valence-corrected chi connectivity index (χ3v) is 3.84. The van der Waals surface area contributed by atoms with Crippen LogP contribution in [0.1, 0.15) is 40.5 Å². The van der Waals surface area contributed by atoms with Crippen LogP contribution in [-0.2, 0) is 4.79 Å². The highest BCUT2D eigenvalue weighted by Gasteiger charge is 2.37. The van der Waals surface area contributed by atoms with Crippen LogP contribution >= 0.6 is 0 Å². The van der Waals surface area contributed by atoms with Crippen LogP contribution in [0.15, 0.2) is 11.6 Å². The Morgan fingerprint density at radius 2 is 2.23 bits per heavy atom. The Hall–Kier alpha value is -0.590. The fourth-order valence-corrected chi connectivity index (χ4v) is 2.32. The molecule has 0 heterocycles. The van der Waals surface area contributed by atoms with Gasteiger partial charge in [-0.2, -0.15) is 0 Å². The molecule has 0 aromatic rings. The summed E-state index contributed by atoms with van der Waals surface area (Å²) in [6.45, 7) is 8.99. The summed E-state index contributed by atoms with van der Waals surface area (Å²) in [5.74, 6) is 1.13. The van der Waals surface area contributed by atoms with Crippen molar-refractivity contribution < 1.29 is 4.79 Å². The quantitative estimate of drug-likeness (QED) is 0.471. The van der Waals surface area contributed by atoms with E-state index in [0.29, 0.717) is 18.3 Å². The summed E-state index contributed by atoms with van der Waals surface area (Å²) < 4.78 is 0. The monoisotopic (exact) mass is 180 g/mol. The second-order valence-electron chi connectivity index (χ2n) is 4.86. The van der Waals surface area contributed by atoms with E-state index in [1.54, 1.807) is 0 Å². The standard InChI is InChI=1S/C12H20O/c1-9-5-6-10(2)12(3,4)11(9)7-8-13/h5,8,10-11H,6-7H2,1-4H3/t10-,11+/m0/s1. The number of allylic oxidation sites excluding steroid dienone is 2. The summed E-state index contributed by atoms with van der Waals surface area (Å²) in [4.78, 5) is 10.6. The van der Waals surface area contributed by atoms with Crippen LogP contribution in [0.3, 0.4) is 0 Å². The van der Waals surface area contributed by atoms with Crippen molar-refractivity contribution >= 4 is 6.29 Å². The minimum atomic E-state index is 0.278. The molecule has 0 aromatic heterocycles. The topological polar surface area (TPSA) is 17.1 Å². The van der Waals surface area contributed by atoms with Crippen LogP contribution in [0.4, 0.5) is 0 Å². The first kappa shape index (κ1) is 10.5. The molecule has 0 radical (unpaired) electrons. The lowest BCUT2D eigenvalue weighted by Crippen LogP contribution is -2.34. The van der Waals surface area contributed by atoms with Gasteiger partial charge in [0.15, 0.2) is 0 Å². The van der Waals surface area contributed by atoms with Crippen LogP contribution < -0.4 is 0 Å². The summed E-state index contributed by atoms with van der Waals surface area (Å²) in [6, 6.07) is 0. The molecule has 0 bridgehead atoms. The smallest absolute Gasteiger partial charge is 0.120 e. The number of hydrogen-bond acceptors (Lipinski definition) is 1. The van der Waals surface area contributed by atoms with E-state index in [-0.39, 0.29) is 5.41 Å². The van der Waals surface area contributed by atoms with Crippen LogP contribution in [0.2, 0.25) is 0 Å². The van der Waals surface area contributed by atoms with Gasteiger partial charge in [0.25, 0.3) is 0 Å². The zero-order chi connectivity index (χ0) is 10.1. The van der Waals surface area contributed by atoms with Crippen LogP contribution in [0.25, 0.3) is 0 Å². The molecule has 0 N–H and O–H groups in total. The highest BCUT2D eigenvalue weighted by molar-refractivity contribution is 5.51. The average Bonchev–Trinajstić information content (AvgIpc) is 2.06. The van der Waals surface area contributed by atoms with E-state index in [4.69, 9.17) is 0 Å². The Bertz CT molecular complexity index is 225. The third-order valence-electron chi connectivity index (χ3n) is 3.84. The number of aldehydes is 1. The summed E-state index contributed by atoms with van der Waals surface area (Å²) >= 11 is 0. The minimum absolute atomic E-state index is 0.278. The van der Waals surface area contributed by atoms with Crippen molar-refractivity contribution in [1.29, 1.82) is 0 Å². The van der Waals surface area contributed by atoms with Crippen LogP contribution in [0, 0.1) is 17.3 Å². The van der Waals surface area contributed by atoms with Gasteiger partial charge < -0.3 is 4.79 Å². The summed E-state index contributed by atoms with van der Waals surface area (Å²) in [7, 11) is 0. The van der Waals surface area contributed by atoms with E-state index >= 15 is 0 Å². The van der Waals surface area contributed by atoms with Gasteiger partial charge in [-0.05, 0) is 30.6 Å². The van der Waals surface area contributed by atoms with Gasteiger partial charge in [0.1, 0.15) is 6.29 Å². The lowest BCUT2D eigenvalue weighted by Gasteiger charge is -2.42. The van der Waals surface area contributed by atoms with Crippen LogP contribution in [0.5, 0.6) is 0 Å². The maximum atomic E-state index is 10.6. The first-order chi connectivity index (χ1) is 6.00. The first-order valence-electron chi connectivity index (χ1n) is 5.10. The van der Waals surface area contributed by atoms with Crippen molar-refractivity contribution in [3.8, 4) is 0 Å². The zero-order valence-electron chi connectivity index (χ0n) is 9.13. The normalized spacial score (nSPS) is 32.5. The Labute approximate surface area is 81.2 Å². The predicted octanol–water partition coefficient (Wildman–Crippen LogP) is 3.20. The summed E-state index contributed by atoms with van der Waals surface area (Å²) in [5, 5.41) is 0. The van der Waals surface area contributed by atoms with E-state index in [1.165, 1.54) is 5.57 Å². The van der Waals surface area contributed by atoms with Gasteiger partial charge in [-0.15, -0.1) is 0 Å². The largest absolute Gasteiger partial charge is 0.303 e. The van der Waals surface area contributed by atoms with Gasteiger partial charge in [-0.1, -0.05) is 32.4 Å². The summed E-state index contributed by atoms with van der Waals surface area (Å²) in [5.41, 5.74) is 1.68.